The highest BCUT2D eigenvalue weighted by atomic mass is 32.1. The molecule has 0 bridgehead atoms. The van der Waals surface area contributed by atoms with Gasteiger partial charge in [0.25, 0.3) is 0 Å². The molecular formula is C17H20N2S. The number of anilines is 1. The Kier molecular flexibility index (Phi) is 5.13. The molecule has 0 unspecified atom stereocenters. The Balaban J connectivity index is 1.82. The molecule has 2 rings (SSSR count). The Morgan fingerprint density at radius 2 is 1.70 bits per heavy atom. The number of nitrogens with one attached hydrogen (secondary N) is 2. The number of thiocarbonyl (C=S) groups is 1. The van der Waals surface area contributed by atoms with Crippen molar-refractivity contribution >= 4 is 23.0 Å². The van der Waals surface area contributed by atoms with E-state index in [1.54, 1.807) is 0 Å². The first-order valence-electron chi connectivity index (χ1n) is 6.81. The molecule has 0 radical (unpaired) electrons. The maximum atomic E-state index is 5.31. The fourth-order valence-electron chi connectivity index (χ4n) is 1.96. The summed E-state index contributed by atoms with van der Waals surface area (Å²) >= 11 is 5.31. The maximum Gasteiger partial charge on any atom is 0.170 e. The maximum absolute atomic E-state index is 5.31. The number of benzene rings is 2. The van der Waals surface area contributed by atoms with E-state index >= 15 is 0 Å². The Morgan fingerprint density at radius 1 is 1.05 bits per heavy atom. The lowest BCUT2D eigenvalue weighted by Gasteiger charge is -2.15. The Labute approximate surface area is 126 Å². The summed E-state index contributed by atoms with van der Waals surface area (Å²) in [5.41, 5.74) is 3.57. The van der Waals surface area contributed by atoms with Crippen molar-refractivity contribution in [1.82, 2.24) is 5.32 Å². The second-order valence-electron chi connectivity index (χ2n) is 5.01. The quantitative estimate of drug-likeness (QED) is 0.827. The predicted octanol–water partition coefficient (Wildman–Crippen LogP) is 4.09. The fourth-order valence-corrected chi connectivity index (χ4v) is 2.16. The van der Waals surface area contributed by atoms with Crippen molar-refractivity contribution in [3.63, 3.8) is 0 Å². The van der Waals surface area contributed by atoms with Gasteiger partial charge in [-0.2, -0.15) is 0 Å². The van der Waals surface area contributed by atoms with Gasteiger partial charge in [-0.15, -0.1) is 0 Å². The Hall–Kier alpha value is -1.87. The zero-order chi connectivity index (χ0) is 14.4. The molecular weight excluding hydrogens is 264 g/mol. The van der Waals surface area contributed by atoms with Gasteiger partial charge in [-0.1, -0.05) is 55.0 Å². The predicted molar refractivity (Wildman–Crippen MR) is 90.3 cm³/mol. The van der Waals surface area contributed by atoms with Gasteiger partial charge < -0.3 is 10.6 Å². The van der Waals surface area contributed by atoms with E-state index in [1.807, 2.05) is 18.2 Å². The SMILES string of the molecule is Cc1ccc(NC(=S)NC[C@@H](C)c2ccccc2)cc1. The average molecular weight is 284 g/mol. The highest BCUT2D eigenvalue weighted by Crippen LogP contribution is 2.13. The van der Waals surface area contributed by atoms with Gasteiger partial charge in [-0.3, -0.25) is 0 Å². The minimum Gasteiger partial charge on any atom is -0.362 e. The first kappa shape index (κ1) is 14.5. The first-order chi connectivity index (χ1) is 9.65. The second-order valence-corrected chi connectivity index (χ2v) is 5.42. The third kappa shape index (κ3) is 4.35. The molecule has 0 saturated carbocycles. The first-order valence-corrected chi connectivity index (χ1v) is 7.22. The lowest BCUT2D eigenvalue weighted by molar-refractivity contribution is 0.723. The summed E-state index contributed by atoms with van der Waals surface area (Å²) in [5.74, 6) is 0.425. The highest BCUT2D eigenvalue weighted by Gasteiger charge is 2.05. The molecule has 0 heterocycles. The Bertz CT molecular complexity index is 549. The van der Waals surface area contributed by atoms with E-state index < -0.39 is 0 Å². The molecule has 0 aliphatic rings. The zero-order valence-electron chi connectivity index (χ0n) is 11.9. The van der Waals surface area contributed by atoms with Gasteiger partial charge >= 0.3 is 0 Å². The van der Waals surface area contributed by atoms with Crippen molar-refractivity contribution in [2.24, 2.45) is 0 Å². The van der Waals surface area contributed by atoms with Crippen LogP contribution in [0.3, 0.4) is 0 Å². The summed E-state index contributed by atoms with van der Waals surface area (Å²) in [5, 5.41) is 7.12. The number of hydrogen-bond donors (Lipinski definition) is 2. The van der Waals surface area contributed by atoms with Crippen LogP contribution in [0.2, 0.25) is 0 Å². The van der Waals surface area contributed by atoms with Crippen LogP contribution >= 0.6 is 12.2 Å². The largest absolute Gasteiger partial charge is 0.362 e. The second kappa shape index (κ2) is 7.06. The number of hydrogen-bond acceptors (Lipinski definition) is 1. The monoisotopic (exact) mass is 284 g/mol. The number of rotatable bonds is 4. The smallest absolute Gasteiger partial charge is 0.170 e. The lowest BCUT2D eigenvalue weighted by atomic mass is 10.0. The molecule has 0 aliphatic heterocycles. The van der Waals surface area contributed by atoms with Gasteiger partial charge in [0, 0.05) is 12.2 Å². The Morgan fingerprint density at radius 3 is 2.35 bits per heavy atom. The van der Waals surface area contributed by atoms with Gasteiger partial charge in [-0.25, -0.2) is 0 Å². The van der Waals surface area contributed by atoms with E-state index in [4.69, 9.17) is 12.2 Å². The van der Waals surface area contributed by atoms with Gasteiger partial charge in [0.05, 0.1) is 0 Å². The van der Waals surface area contributed by atoms with E-state index in [0.717, 1.165) is 12.2 Å². The summed E-state index contributed by atoms with van der Waals surface area (Å²) in [6.45, 7) is 5.08. The van der Waals surface area contributed by atoms with Gasteiger partial charge in [0.15, 0.2) is 5.11 Å². The van der Waals surface area contributed by atoms with Crippen molar-refractivity contribution in [3.8, 4) is 0 Å². The molecule has 2 aromatic rings. The molecule has 2 N–H and O–H groups in total. The zero-order valence-corrected chi connectivity index (χ0v) is 12.7. The van der Waals surface area contributed by atoms with E-state index in [-0.39, 0.29) is 0 Å². The lowest BCUT2D eigenvalue weighted by Crippen LogP contribution is -2.31. The normalized spacial score (nSPS) is 11.7. The molecule has 0 amide bonds. The highest BCUT2D eigenvalue weighted by molar-refractivity contribution is 7.80. The van der Waals surface area contributed by atoms with Crippen LogP contribution in [0.1, 0.15) is 24.0 Å². The molecule has 0 aromatic heterocycles. The van der Waals surface area contributed by atoms with Crippen LogP contribution in [-0.2, 0) is 0 Å². The van der Waals surface area contributed by atoms with Gasteiger partial charge in [0.2, 0.25) is 0 Å². The van der Waals surface area contributed by atoms with Crippen molar-refractivity contribution in [1.29, 1.82) is 0 Å². The summed E-state index contributed by atoms with van der Waals surface area (Å²) in [7, 11) is 0. The van der Waals surface area contributed by atoms with Crippen LogP contribution < -0.4 is 10.6 Å². The van der Waals surface area contributed by atoms with Crippen molar-refractivity contribution in [2.75, 3.05) is 11.9 Å². The third-order valence-electron chi connectivity index (χ3n) is 3.25. The van der Waals surface area contributed by atoms with Crippen LogP contribution in [0.5, 0.6) is 0 Å². The van der Waals surface area contributed by atoms with Gasteiger partial charge in [-0.05, 0) is 42.8 Å². The van der Waals surface area contributed by atoms with Crippen molar-refractivity contribution in [3.05, 3.63) is 65.7 Å². The molecule has 0 fully saturated rings. The molecule has 20 heavy (non-hydrogen) atoms. The van der Waals surface area contributed by atoms with Crippen molar-refractivity contribution < 1.29 is 0 Å². The van der Waals surface area contributed by atoms with Crippen LogP contribution in [0.4, 0.5) is 5.69 Å². The molecule has 0 spiro atoms. The summed E-state index contributed by atoms with van der Waals surface area (Å²) in [4.78, 5) is 0. The summed E-state index contributed by atoms with van der Waals surface area (Å²) in [6.07, 6.45) is 0. The molecule has 2 aromatic carbocycles. The minimum atomic E-state index is 0.425. The molecule has 104 valence electrons. The molecule has 3 heteroatoms. The van der Waals surface area contributed by atoms with Crippen LogP contribution in [-0.4, -0.2) is 11.7 Å². The van der Waals surface area contributed by atoms with E-state index in [0.29, 0.717) is 11.0 Å². The molecule has 0 aliphatic carbocycles. The summed E-state index contributed by atoms with van der Waals surface area (Å²) in [6, 6.07) is 18.6. The fraction of sp³-hybridized carbons (Fsp3) is 0.235. The standard InChI is InChI=1S/C17H20N2S/c1-13-8-10-16(11-9-13)19-17(20)18-12-14(2)15-6-4-3-5-7-15/h3-11,14H,12H2,1-2H3,(H2,18,19,20)/t14-/m1/s1. The van der Waals surface area contributed by atoms with E-state index in [9.17, 15) is 0 Å². The third-order valence-corrected chi connectivity index (χ3v) is 3.49. The van der Waals surface area contributed by atoms with Crippen LogP contribution in [0, 0.1) is 6.92 Å². The topological polar surface area (TPSA) is 24.1 Å². The number of aryl methyl sites for hydroxylation is 1. The minimum absolute atomic E-state index is 0.425. The summed E-state index contributed by atoms with van der Waals surface area (Å²) < 4.78 is 0. The van der Waals surface area contributed by atoms with Crippen LogP contribution in [0.25, 0.3) is 0 Å². The van der Waals surface area contributed by atoms with E-state index in [1.165, 1.54) is 11.1 Å². The molecule has 1 atom stereocenters. The molecule has 0 saturated heterocycles. The van der Waals surface area contributed by atoms with Crippen molar-refractivity contribution in [2.45, 2.75) is 19.8 Å². The molecule has 2 nitrogen and oxygen atoms in total. The van der Waals surface area contributed by atoms with Crippen LogP contribution in [0.15, 0.2) is 54.6 Å². The average Bonchev–Trinajstić information content (AvgIpc) is 2.48. The van der Waals surface area contributed by atoms with Gasteiger partial charge in [0.1, 0.15) is 0 Å². The van der Waals surface area contributed by atoms with E-state index in [2.05, 4.69) is 60.9 Å².